The molecule has 94 valence electrons. The molecule has 1 atom stereocenters. The summed E-state index contributed by atoms with van der Waals surface area (Å²) >= 11 is 0. The molecular formula is C16H20N2. The molecule has 0 amide bonds. The van der Waals surface area contributed by atoms with Crippen LogP contribution >= 0.6 is 0 Å². The maximum absolute atomic E-state index is 6.42. The van der Waals surface area contributed by atoms with Gasteiger partial charge in [0.15, 0.2) is 0 Å². The molecule has 0 saturated heterocycles. The molecule has 18 heavy (non-hydrogen) atoms. The average Bonchev–Trinajstić information content (AvgIpc) is 2.38. The highest BCUT2D eigenvalue weighted by Crippen LogP contribution is 2.25. The summed E-state index contributed by atoms with van der Waals surface area (Å²) in [6.07, 6.45) is 4.69. The standard InChI is InChI=1S/C16H20N2/c1-4-13-10-18-8-7-15(13)16(17)14-6-5-11(2)9-12(14)3/h5-10,16H,4,17H2,1-3H3. The van der Waals surface area contributed by atoms with Crippen molar-refractivity contribution < 1.29 is 0 Å². The molecule has 0 aliphatic rings. The second-order valence-electron chi connectivity index (χ2n) is 4.77. The Kier molecular flexibility index (Phi) is 3.78. The third kappa shape index (κ3) is 2.44. The van der Waals surface area contributed by atoms with Crippen LogP contribution < -0.4 is 5.73 Å². The van der Waals surface area contributed by atoms with Crippen molar-refractivity contribution in [3.8, 4) is 0 Å². The molecule has 0 spiro atoms. The molecule has 0 fully saturated rings. The molecule has 1 aromatic heterocycles. The third-order valence-electron chi connectivity index (χ3n) is 3.42. The van der Waals surface area contributed by atoms with Crippen molar-refractivity contribution in [1.29, 1.82) is 0 Å². The van der Waals surface area contributed by atoms with E-state index in [1.807, 2.05) is 18.5 Å². The first kappa shape index (κ1) is 12.8. The fourth-order valence-corrected chi connectivity index (χ4v) is 2.38. The summed E-state index contributed by atoms with van der Waals surface area (Å²) in [6, 6.07) is 8.40. The van der Waals surface area contributed by atoms with Gasteiger partial charge in [-0.15, -0.1) is 0 Å². The van der Waals surface area contributed by atoms with E-state index >= 15 is 0 Å². The molecule has 0 saturated carbocycles. The smallest absolute Gasteiger partial charge is 0.0558 e. The minimum Gasteiger partial charge on any atom is -0.320 e. The number of pyridine rings is 1. The Balaban J connectivity index is 2.44. The summed E-state index contributed by atoms with van der Waals surface area (Å²) in [5.41, 5.74) is 12.5. The number of nitrogens with zero attached hydrogens (tertiary/aromatic N) is 1. The summed E-state index contributed by atoms with van der Waals surface area (Å²) in [4.78, 5) is 4.17. The van der Waals surface area contributed by atoms with Gasteiger partial charge in [-0.3, -0.25) is 4.98 Å². The van der Waals surface area contributed by atoms with E-state index in [2.05, 4.69) is 44.0 Å². The van der Waals surface area contributed by atoms with Crippen LogP contribution in [0.4, 0.5) is 0 Å². The van der Waals surface area contributed by atoms with Crippen LogP contribution in [0.3, 0.4) is 0 Å². The number of hydrogen-bond acceptors (Lipinski definition) is 2. The summed E-state index contributed by atoms with van der Waals surface area (Å²) < 4.78 is 0. The number of rotatable bonds is 3. The molecule has 0 radical (unpaired) electrons. The second kappa shape index (κ2) is 5.32. The first-order valence-corrected chi connectivity index (χ1v) is 6.39. The van der Waals surface area contributed by atoms with Gasteiger partial charge in [0, 0.05) is 12.4 Å². The Morgan fingerprint density at radius 3 is 2.61 bits per heavy atom. The molecule has 2 heteroatoms. The van der Waals surface area contributed by atoms with Gasteiger partial charge in [-0.05, 0) is 48.6 Å². The lowest BCUT2D eigenvalue weighted by molar-refractivity contribution is 0.835. The van der Waals surface area contributed by atoms with E-state index in [0.29, 0.717) is 0 Å². The van der Waals surface area contributed by atoms with Gasteiger partial charge in [-0.2, -0.15) is 0 Å². The SMILES string of the molecule is CCc1cnccc1C(N)c1ccc(C)cc1C. The summed E-state index contributed by atoms with van der Waals surface area (Å²) in [7, 11) is 0. The van der Waals surface area contributed by atoms with Gasteiger partial charge < -0.3 is 5.73 Å². The van der Waals surface area contributed by atoms with Gasteiger partial charge in [0.05, 0.1) is 6.04 Å². The van der Waals surface area contributed by atoms with E-state index in [9.17, 15) is 0 Å². The predicted octanol–water partition coefficient (Wildman–Crippen LogP) is 3.31. The van der Waals surface area contributed by atoms with Crippen LogP contribution in [-0.2, 0) is 6.42 Å². The molecule has 2 N–H and O–H groups in total. The molecule has 0 bridgehead atoms. The Morgan fingerprint density at radius 1 is 1.17 bits per heavy atom. The summed E-state index contributed by atoms with van der Waals surface area (Å²) in [5, 5.41) is 0. The first-order valence-electron chi connectivity index (χ1n) is 6.39. The first-order chi connectivity index (χ1) is 8.63. The third-order valence-corrected chi connectivity index (χ3v) is 3.42. The Bertz CT molecular complexity index is 547. The topological polar surface area (TPSA) is 38.9 Å². The number of nitrogens with two attached hydrogens (primary N) is 1. The zero-order chi connectivity index (χ0) is 13.1. The highest BCUT2D eigenvalue weighted by atomic mass is 14.7. The maximum atomic E-state index is 6.42. The highest BCUT2D eigenvalue weighted by Gasteiger charge is 2.14. The molecular weight excluding hydrogens is 220 g/mol. The Hall–Kier alpha value is -1.67. The van der Waals surface area contributed by atoms with Gasteiger partial charge in [0.25, 0.3) is 0 Å². The minimum absolute atomic E-state index is 0.0662. The lowest BCUT2D eigenvalue weighted by Crippen LogP contribution is -2.15. The minimum atomic E-state index is -0.0662. The van der Waals surface area contributed by atoms with E-state index in [1.54, 1.807) is 0 Å². The Labute approximate surface area is 109 Å². The molecule has 2 nitrogen and oxygen atoms in total. The molecule has 1 aromatic carbocycles. The second-order valence-corrected chi connectivity index (χ2v) is 4.77. The molecule has 0 aliphatic heterocycles. The van der Waals surface area contributed by atoms with E-state index in [1.165, 1.54) is 27.8 Å². The highest BCUT2D eigenvalue weighted by molar-refractivity contribution is 5.40. The van der Waals surface area contributed by atoms with Gasteiger partial charge in [-0.1, -0.05) is 30.7 Å². The van der Waals surface area contributed by atoms with Crippen molar-refractivity contribution >= 4 is 0 Å². The van der Waals surface area contributed by atoms with E-state index in [0.717, 1.165) is 6.42 Å². The van der Waals surface area contributed by atoms with Crippen LogP contribution in [-0.4, -0.2) is 4.98 Å². The fraction of sp³-hybridized carbons (Fsp3) is 0.312. The van der Waals surface area contributed by atoms with Gasteiger partial charge in [0.1, 0.15) is 0 Å². The predicted molar refractivity (Wildman–Crippen MR) is 75.6 cm³/mol. The van der Waals surface area contributed by atoms with Crippen molar-refractivity contribution in [1.82, 2.24) is 4.98 Å². The van der Waals surface area contributed by atoms with Gasteiger partial charge in [0.2, 0.25) is 0 Å². The van der Waals surface area contributed by atoms with Gasteiger partial charge in [-0.25, -0.2) is 0 Å². The number of aryl methyl sites for hydroxylation is 3. The fourth-order valence-electron chi connectivity index (χ4n) is 2.38. The van der Waals surface area contributed by atoms with Crippen molar-refractivity contribution in [2.24, 2.45) is 5.73 Å². The molecule has 1 unspecified atom stereocenters. The monoisotopic (exact) mass is 240 g/mol. The number of aromatic nitrogens is 1. The van der Waals surface area contributed by atoms with Crippen LogP contribution in [0.25, 0.3) is 0 Å². The van der Waals surface area contributed by atoms with Crippen LogP contribution in [0.5, 0.6) is 0 Å². The van der Waals surface area contributed by atoms with Crippen molar-refractivity contribution in [3.63, 3.8) is 0 Å². The largest absolute Gasteiger partial charge is 0.320 e. The van der Waals surface area contributed by atoms with Crippen LogP contribution in [0, 0.1) is 13.8 Å². The maximum Gasteiger partial charge on any atom is 0.0558 e. The lowest BCUT2D eigenvalue weighted by atomic mass is 9.92. The normalized spacial score (nSPS) is 12.4. The van der Waals surface area contributed by atoms with E-state index in [4.69, 9.17) is 5.73 Å². The summed E-state index contributed by atoms with van der Waals surface area (Å²) in [6.45, 7) is 6.36. The number of benzene rings is 1. The summed E-state index contributed by atoms with van der Waals surface area (Å²) in [5.74, 6) is 0. The molecule has 2 aromatic rings. The van der Waals surface area contributed by atoms with Crippen molar-refractivity contribution in [2.75, 3.05) is 0 Å². The molecule has 2 rings (SSSR count). The molecule has 0 aliphatic carbocycles. The number of hydrogen-bond donors (Lipinski definition) is 1. The lowest BCUT2D eigenvalue weighted by Gasteiger charge is -2.18. The Morgan fingerprint density at radius 2 is 1.94 bits per heavy atom. The van der Waals surface area contributed by atoms with E-state index < -0.39 is 0 Å². The van der Waals surface area contributed by atoms with Crippen molar-refractivity contribution in [2.45, 2.75) is 33.2 Å². The quantitative estimate of drug-likeness (QED) is 0.894. The van der Waals surface area contributed by atoms with Crippen LogP contribution in [0.15, 0.2) is 36.7 Å². The van der Waals surface area contributed by atoms with E-state index in [-0.39, 0.29) is 6.04 Å². The zero-order valence-electron chi connectivity index (χ0n) is 11.3. The average molecular weight is 240 g/mol. The van der Waals surface area contributed by atoms with Crippen LogP contribution in [0.2, 0.25) is 0 Å². The molecule has 1 heterocycles. The zero-order valence-corrected chi connectivity index (χ0v) is 11.3. The van der Waals surface area contributed by atoms with Gasteiger partial charge >= 0.3 is 0 Å². The van der Waals surface area contributed by atoms with Crippen molar-refractivity contribution in [3.05, 3.63) is 64.5 Å². The van der Waals surface area contributed by atoms with Crippen LogP contribution in [0.1, 0.15) is 40.8 Å².